The molecule has 0 saturated heterocycles. The average molecular weight is 284 g/mol. The largest absolute Gasteiger partial charge is 0.355 e. The molecular formula is C12H20N4O2S. The summed E-state index contributed by atoms with van der Waals surface area (Å²) in [5, 5.41) is 2.92. The summed E-state index contributed by atoms with van der Waals surface area (Å²) in [7, 11) is -3.50. The maximum absolute atomic E-state index is 12.0. The van der Waals surface area contributed by atoms with Crippen LogP contribution in [0.4, 0.5) is 5.95 Å². The zero-order valence-corrected chi connectivity index (χ0v) is 12.3. The van der Waals surface area contributed by atoms with E-state index in [0.29, 0.717) is 25.0 Å². The van der Waals surface area contributed by atoms with Crippen molar-refractivity contribution in [3.63, 3.8) is 0 Å². The number of sulfonamides is 1. The van der Waals surface area contributed by atoms with Gasteiger partial charge in [0.25, 0.3) is 0 Å². The van der Waals surface area contributed by atoms with E-state index in [1.165, 1.54) is 12.4 Å². The van der Waals surface area contributed by atoms with Crippen LogP contribution in [0.25, 0.3) is 0 Å². The Morgan fingerprint density at radius 1 is 1.37 bits per heavy atom. The first-order valence-corrected chi connectivity index (χ1v) is 7.89. The van der Waals surface area contributed by atoms with Crippen LogP contribution < -0.4 is 10.0 Å². The predicted octanol–water partition coefficient (Wildman–Crippen LogP) is 1.23. The lowest BCUT2D eigenvalue weighted by Gasteiger charge is -2.08. The molecule has 2 rings (SSSR count). The molecule has 1 heterocycles. The lowest BCUT2D eigenvalue weighted by Crippen LogP contribution is -2.27. The molecule has 0 aliphatic heterocycles. The third kappa shape index (κ3) is 3.42. The third-order valence-electron chi connectivity index (χ3n) is 3.51. The molecule has 0 aromatic carbocycles. The SMILES string of the molecule is CCNc1ncc(S(=O)(=O)NCC2CC2(C)C)cn1. The van der Waals surface area contributed by atoms with E-state index in [4.69, 9.17) is 0 Å². The van der Waals surface area contributed by atoms with Crippen molar-refractivity contribution in [1.29, 1.82) is 0 Å². The fourth-order valence-electron chi connectivity index (χ4n) is 1.92. The van der Waals surface area contributed by atoms with Gasteiger partial charge in [0.2, 0.25) is 16.0 Å². The number of aromatic nitrogens is 2. The molecule has 0 amide bonds. The zero-order valence-electron chi connectivity index (χ0n) is 11.5. The van der Waals surface area contributed by atoms with E-state index in [-0.39, 0.29) is 10.3 Å². The highest BCUT2D eigenvalue weighted by atomic mass is 32.2. The Kier molecular flexibility index (Phi) is 3.78. The first-order chi connectivity index (χ1) is 8.85. The number of hydrogen-bond acceptors (Lipinski definition) is 5. The van der Waals surface area contributed by atoms with Gasteiger partial charge < -0.3 is 5.32 Å². The first-order valence-electron chi connectivity index (χ1n) is 6.41. The Morgan fingerprint density at radius 3 is 2.42 bits per heavy atom. The molecule has 0 radical (unpaired) electrons. The molecule has 0 bridgehead atoms. The van der Waals surface area contributed by atoms with Crippen molar-refractivity contribution in [2.75, 3.05) is 18.4 Å². The number of anilines is 1. The highest BCUT2D eigenvalue weighted by Gasteiger charge is 2.45. The van der Waals surface area contributed by atoms with Crippen LogP contribution in [0.2, 0.25) is 0 Å². The van der Waals surface area contributed by atoms with Crippen LogP contribution in [0.3, 0.4) is 0 Å². The van der Waals surface area contributed by atoms with E-state index in [1.54, 1.807) is 0 Å². The van der Waals surface area contributed by atoms with Gasteiger partial charge in [0.15, 0.2) is 0 Å². The van der Waals surface area contributed by atoms with Crippen molar-refractivity contribution in [3.8, 4) is 0 Å². The lowest BCUT2D eigenvalue weighted by atomic mass is 10.1. The smallest absolute Gasteiger partial charge is 0.243 e. The molecule has 1 fully saturated rings. The standard InChI is InChI=1S/C12H20N4O2S/c1-4-13-11-14-7-10(8-15-11)19(17,18)16-6-9-5-12(9,2)3/h7-9,16H,4-6H2,1-3H3,(H,13,14,15). The van der Waals surface area contributed by atoms with Crippen molar-refractivity contribution >= 4 is 16.0 Å². The van der Waals surface area contributed by atoms with Crippen molar-refractivity contribution in [1.82, 2.24) is 14.7 Å². The van der Waals surface area contributed by atoms with E-state index < -0.39 is 10.0 Å². The molecular weight excluding hydrogens is 264 g/mol. The second kappa shape index (κ2) is 5.05. The first kappa shape index (κ1) is 14.2. The molecule has 1 unspecified atom stereocenters. The second-order valence-electron chi connectivity index (χ2n) is 5.51. The Hall–Kier alpha value is -1.21. The van der Waals surface area contributed by atoms with Gasteiger partial charge in [-0.3, -0.25) is 0 Å². The Balaban J connectivity index is 1.99. The van der Waals surface area contributed by atoms with Gasteiger partial charge in [-0.1, -0.05) is 13.8 Å². The van der Waals surface area contributed by atoms with Crippen LogP contribution in [0, 0.1) is 11.3 Å². The lowest BCUT2D eigenvalue weighted by molar-refractivity contribution is 0.537. The van der Waals surface area contributed by atoms with Gasteiger partial charge in [-0.05, 0) is 24.7 Å². The van der Waals surface area contributed by atoms with Crippen LogP contribution in [0.5, 0.6) is 0 Å². The summed E-state index contributed by atoms with van der Waals surface area (Å²) < 4.78 is 26.7. The van der Waals surface area contributed by atoms with Crippen LogP contribution >= 0.6 is 0 Å². The zero-order chi connectivity index (χ0) is 14.1. The van der Waals surface area contributed by atoms with Gasteiger partial charge in [0, 0.05) is 13.1 Å². The number of hydrogen-bond donors (Lipinski definition) is 2. The molecule has 1 aromatic rings. The second-order valence-corrected chi connectivity index (χ2v) is 7.28. The molecule has 1 aliphatic rings. The Bertz CT molecular complexity index is 539. The van der Waals surface area contributed by atoms with E-state index in [1.807, 2.05) is 6.92 Å². The molecule has 2 N–H and O–H groups in total. The van der Waals surface area contributed by atoms with Gasteiger partial charge >= 0.3 is 0 Å². The van der Waals surface area contributed by atoms with Gasteiger partial charge in [-0.25, -0.2) is 23.1 Å². The summed E-state index contributed by atoms with van der Waals surface area (Å²) in [5.41, 5.74) is 0.258. The minimum Gasteiger partial charge on any atom is -0.355 e. The minimum atomic E-state index is -3.50. The highest BCUT2D eigenvalue weighted by Crippen LogP contribution is 2.51. The van der Waals surface area contributed by atoms with Crippen LogP contribution in [0.15, 0.2) is 17.3 Å². The Morgan fingerprint density at radius 2 is 1.95 bits per heavy atom. The molecule has 1 atom stereocenters. The number of nitrogens with zero attached hydrogens (tertiary/aromatic N) is 2. The van der Waals surface area contributed by atoms with Crippen molar-refractivity contribution in [2.24, 2.45) is 11.3 Å². The molecule has 106 valence electrons. The fraction of sp³-hybridized carbons (Fsp3) is 0.667. The number of nitrogens with one attached hydrogen (secondary N) is 2. The minimum absolute atomic E-state index is 0.104. The maximum atomic E-state index is 12.0. The summed E-state index contributed by atoms with van der Waals surface area (Å²) in [4.78, 5) is 8.03. The monoisotopic (exact) mass is 284 g/mol. The summed E-state index contributed by atoms with van der Waals surface area (Å²) in [6.07, 6.45) is 3.71. The van der Waals surface area contributed by atoms with Gasteiger partial charge in [0.1, 0.15) is 4.90 Å². The molecule has 1 aromatic heterocycles. The summed E-state index contributed by atoms with van der Waals surface area (Å²) >= 11 is 0. The van der Waals surface area contributed by atoms with E-state index in [9.17, 15) is 8.42 Å². The predicted molar refractivity (Wildman–Crippen MR) is 73.3 cm³/mol. The Labute approximate surface area is 114 Å². The van der Waals surface area contributed by atoms with E-state index >= 15 is 0 Å². The average Bonchev–Trinajstić information content (AvgIpc) is 2.96. The molecule has 0 spiro atoms. The number of rotatable bonds is 6. The van der Waals surface area contributed by atoms with Gasteiger partial charge in [-0.15, -0.1) is 0 Å². The maximum Gasteiger partial charge on any atom is 0.243 e. The highest BCUT2D eigenvalue weighted by molar-refractivity contribution is 7.89. The van der Waals surface area contributed by atoms with Crippen LogP contribution in [-0.2, 0) is 10.0 Å². The summed E-state index contributed by atoms with van der Waals surface area (Å²) in [5.74, 6) is 0.856. The topological polar surface area (TPSA) is 84.0 Å². The quantitative estimate of drug-likeness (QED) is 0.821. The van der Waals surface area contributed by atoms with Crippen molar-refractivity contribution in [3.05, 3.63) is 12.4 Å². The van der Waals surface area contributed by atoms with E-state index in [0.717, 1.165) is 6.42 Å². The van der Waals surface area contributed by atoms with Gasteiger partial charge in [0.05, 0.1) is 12.4 Å². The molecule has 1 aliphatic carbocycles. The third-order valence-corrected chi connectivity index (χ3v) is 4.89. The summed E-state index contributed by atoms with van der Waals surface area (Å²) in [6, 6.07) is 0. The molecule has 19 heavy (non-hydrogen) atoms. The molecule has 1 saturated carbocycles. The summed E-state index contributed by atoms with van der Waals surface area (Å²) in [6.45, 7) is 7.37. The van der Waals surface area contributed by atoms with Crippen LogP contribution in [-0.4, -0.2) is 31.5 Å². The molecule has 7 heteroatoms. The fourth-order valence-corrected chi connectivity index (χ4v) is 2.89. The molecule has 6 nitrogen and oxygen atoms in total. The van der Waals surface area contributed by atoms with Gasteiger partial charge in [-0.2, -0.15) is 0 Å². The van der Waals surface area contributed by atoms with Crippen molar-refractivity contribution in [2.45, 2.75) is 32.1 Å². The van der Waals surface area contributed by atoms with E-state index in [2.05, 4.69) is 33.9 Å². The van der Waals surface area contributed by atoms with Crippen molar-refractivity contribution < 1.29 is 8.42 Å². The normalized spacial score (nSPS) is 21.1. The van der Waals surface area contributed by atoms with Crippen LogP contribution in [0.1, 0.15) is 27.2 Å².